The minimum atomic E-state index is 0.913. The number of benzene rings is 1. The molecule has 0 bridgehead atoms. The maximum absolute atomic E-state index is 4.28. The van der Waals surface area contributed by atoms with Crippen molar-refractivity contribution in [2.75, 3.05) is 6.54 Å². The van der Waals surface area contributed by atoms with Gasteiger partial charge in [-0.2, -0.15) is 0 Å². The quantitative estimate of drug-likeness (QED) is 0.779. The zero-order chi connectivity index (χ0) is 12.8. The minimum Gasteiger partial charge on any atom is -0.313 e. The van der Waals surface area contributed by atoms with Crippen LogP contribution in [-0.4, -0.2) is 11.5 Å². The first-order valence-electron chi connectivity index (χ1n) is 5.86. The number of nitrogens with zero attached hydrogens (tertiary/aromatic N) is 1. The third kappa shape index (κ3) is 4.09. The fourth-order valence-electron chi connectivity index (χ4n) is 1.50. The van der Waals surface area contributed by atoms with Crippen LogP contribution in [0.1, 0.15) is 18.9 Å². The Morgan fingerprint density at radius 2 is 2.33 bits per heavy atom. The van der Waals surface area contributed by atoms with Gasteiger partial charge in [-0.3, -0.25) is 0 Å². The lowest BCUT2D eigenvalue weighted by Crippen LogP contribution is -2.14. The predicted molar refractivity (Wildman–Crippen MR) is 82.4 cm³/mol. The van der Waals surface area contributed by atoms with Crippen LogP contribution in [0.25, 0.3) is 0 Å². The van der Waals surface area contributed by atoms with Crippen LogP contribution in [0.15, 0.2) is 43.5 Å². The van der Waals surface area contributed by atoms with E-state index in [1.807, 2.05) is 11.6 Å². The zero-order valence-electron chi connectivity index (χ0n) is 10.1. The fraction of sp³-hybridized carbons (Fsp3) is 0.308. The van der Waals surface area contributed by atoms with Gasteiger partial charge < -0.3 is 5.32 Å². The Morgan fingerprint density at radius 1 is 1.44 bits per heavy atom. The van der Waals surface area contributed by atoms with E-state index in [4.69, 9.17) is 0 Å². The standard InChI is InChI=1S/C13H15BrN2S2/c1-2-5-15-9-10-3-4-11(8-12(10)14)18-13-16-6-7-17-13/h3-4,6-8,15H,2,5,9H2,1H3. The molecule has 0 aliphatic heterocycles. The Labute approximate surface area is 124 Å². The lowest BCUT2D eigenvalue weighted by molar-refractivity contribution is 0.673. The number of nitrogens with one attached hydrogen (secondary N) is 1. The first-order valence-corrected chi connectivity index (χ1v) is 8.35. The summed E-state index contributed by atoms with van der Waals surface area (Å²) in [5, 5.41) is 5.41. The molecule has 2 rings (SSSR count). The van der Waals surface area contributed by atoms with E-state index < -0.39 is 0 Å². The van der Waals surface area contributed by atoms with Crippen LogP contribution in [-0.2, 0) is 6.54 Å². The van der Waals surface area contributed by atoms with Gasteiger partial charge in [-0.15, -0.1) is 11.3 Å². The van der Waals surface area contributed by atoms with Crippen molar-refractivity contribution >= 4 is 39.0 Å². The molecule has 2 nitrogen and oxygen atoms in total. The highest BCUT2D eigenvalue weighted by molar-refractivity contribution is 9.10. The van der Waals surface area contributed by atoms with Crippen LogP contribution in [0.3, 0.4) is 0 Å². The highest BCUT2D eigenvalue weighted by atomic mass is 79.9. The Bertz CT molecular complexity index is 486. The second-order valence-corrected chi connectivity index (χ2v) is 6.90. The highest BCUT2D eigenvalue weighted by Gasteiger charge is 2.04. The molecule has 0 aliphatic rings. The molecule has 18 heavy (non-hydrogen) atoms. The Kier molecular flexibility index (Phi) is 5.69. The molecular formula is C13H15BrN2S2. The molecule has 0 fully saturated rings. The molecule has 0 unspecified atom stereocenters. The Hall–Kier alpha value is -0.360. The molecule has 1 aromatic heterocycles. The molecule has 2 aromatic rings. The number of halogens is 1. The van der Waals surface area contributed by atoms with Crippen molar-refractivity contribution in [1.29, 1.82) is 0 Å². The molecule has 0 spiro atoms. The van der Waals surface area contributed by atoms with Gasteiger partial charge in [0.1, 0.15) is 0 Å². The van der Waals surface area contributed by atoms with E-state index in [1.54, 1.807) is 23.1 Å². The number of aromatic nitrogens is 1. The van der Waals surface area contributed by atoms with Crippen LogP contribution in [0.4, 0.5) is 0 Å². The third-order valence-electron chi connectivity index (χ3n) is 2.38. The predicted octanol–water partition coefficient (Wildman–Crippen LogP) is 4.56. The van der Waals surface area contributed by atoms with E-state index in [9.17, 15) is 0 Å². The molecule has 5 heteroatoms. The summed E-state index contributed by atoms with van der Waals surface area (Å²) < 4.78 is 2.24. The summed E-state index contributed by atoms with van der Waals surface area (Å²) in [6.07, 6.45) is 3.00. The van der Waals surface area contributed by atoms with Crippen LogP contribution < -0.4 is 5.32 Å². The van der Waals surface area contributed by atoms with E-state index in [0.717, 1.165) is 28.3 Å². The Morgan fingerprint density at radius 3 is 3.00 bits per heavy atom. The van der Waals surface area contributed by atoms with Crippen molar-refractivity contribution < 1.29 is 0 Å². The number of hydrogen-bond donors (Lipinski definition) is 1. The first kappa shape index (κ1) is 14.1. The van der Waals surface area contributed by atoms with Gasteiger partial charge in [0.25, 0.3) is 0 Å². The van der Waals surface area contributed by atoms with E-state index in [0.29, 0.717) is 0 Å². The summed E-state index contributed by atoms with van der Waals surface area (Å²) in [6.45, 7) is 4.15. The van der Waals surface area contributed by atoms with Gasteiger partial charge in [-0.05, 0) is 30.7 Å². The molecule has 1 N–H and O–H groups in total. The normalized spacial score (nSPS) is 10.8. The molecule has 0 aliphatic carbocycles. The van der Waals surface area contributed by atoms with Gasteiger partial charge in [0.2, 0.25) is 0 Å². The third-order valence-corrected chi connectivity index (χ3v) is 4.99. The fourth-order valence-corrected chi connectivity index (χ4v) is 3.80. The van der Waals surface area contributed by atoms with Crippen LogP contribution >= 0.6 is 39.0 Å². The average molecular weight is 343 g/mol. The monoisotopic (exact) mass is 342 g/mol. The van der Waals surface area contributed by atoms with Gasteiger partial charge in [0.05, 0.1) is 0 Å². The number of hydrogen-bond acceptors (Lipinski definition) is 4. The lowest BCUT2D eigenvalue weighted by atomic mass is 10.2. The lowest BCUT2D eigenvalue weighted by Gasteiger charge is -2.07. The van der Waals surface area contributed by atoms with Gasteiger partial charge in [0.15, 0.2) is 4.34 Å². The summed E-state index contributed by atoms with van der Waals surface area (Å²) in [4.78, 5) is 5.50. The van der Waals surface area contributed by atoms with Crippen LogP contribution in [0.5, 0.6) is 0 Å². The molecule has 0 saturated carbocycles. The van der Waals surface area contributed by atoms with Crippen molar-refractivity contribution in [3.05, 3.63) is 39.8 Å². The SMILES string of the molecule is CCCNCc1ccc(Sc2nccs2)cc1Br. The largest absolute Gasteiger partial charge is 0.313 e. The summed E-state index contributed by atoms with van der Waals surface area (Å²) in [7, 11) is 0. The van der Waals surface area contributed by atoms with Crippen molar-refractivity contribution in [1.82, 2.24) is 10.3 Å². The topological polar surface area (TPSA) is 24.9 Å². The van der Waals surface area contributed by atoms with Crippen molar-refractivity contribution in [2.24, 2.45) is 0 Å². The van der Waals surface area contributed by atoms with Crippen LogP contribution in [0, 0.1) is 0 Å². The molecule has 0 saturated heterocycles. The summed E-state index contributed by atoms with van der Waals surface area (Å²) in [5.41, 5.74) is 1.30. The zero-order valence-corrected chi connectivity index (χ0v) is 13.4. The van der Waals surface area contributed by atoms with Gasteiger partial charge in [-0.1, -0.05) is 40.7 Å². The Balaban J connectivity index is 2.00. The highest BCUT2D eigenvalue weighted by Crippen LogP contribution is 2.32. The first-order chi connectivity index (χ1) is 8.79. The second-order valence-electron chi connectivity index (χ2n) is 3.83. The van der Waals surface area contributed by atoms with E-state index in [2.05, 4.69) is 51.4 Å². The molecule has 1 heterocycles. The summed E-state index contributed by atoms with van der Waals surface area (Å²) >= 11 is 7.00. The summed E-state index contributed by atoms with van der Waals surface area (Å²) in [5.74, 6) is 0. The maximum Gasteiger partial charge on any atom is 0.154 e. The molecule has 96 valence electrons. The minimum absolute atomic E-state index is 0.913. The molecule has 0 radical (unpaired) electrons. The van der Waals surface area contributed by atoms with Crippen molar-refractivity contribution in [2.45, 2.75) is 29.1 Å². The molecule has 1 aromatic carbocycles. The van der Waals surface area contributed by atoms with Gasteiger partial charge in [-0.25, -0.2) is 4.98 Å². The van der Waals surface area contributed by atoms with E-state index >= 15 is 0 Å². The van der Waals surface area contributed by atoms with Crippen molar-refractivity contribution in [3.8, 4) is 0 Å². The van der Waals surface area contributed by atoms with E-state index in [-0.39, 0.29) is 0 Å². The number of thiazole rings is 1. The summed E-state index contributed by atoms with van der Waals surface area (Å²) in [6, 6.07) is 6.48. The van der Waals surface area contributed by atoms with Crippen LogP contribution in [0.2, 0.25) is 0 Å². The average Bonchev–Trinajstić information content (AvgIpc) is 2.85. The smallest absolute Gasteiger partial charge is 0.154 e. The van der Waals surface area contributed by atoms with Crippen molar-refractivity contribution in [3.63, 3.8) is 0 Å². The maximum atomic E-state index is 4.28. The van der Waals surface area contributed by atoms with Gasteiger partial charge in [0, 0.05) is 27.5 Å². The molecule has 0 atom stereocenters. The van der Waals surface area contributed by atoms with E-state index in [1.165, 1.54) is 10.5 Å². The second kappa shape index (κ2) is 7.28. The molecular weight excluding hydrogens is 328 g/mol. The number of rotatable bonds is 6. The molecule has 0 amide bonds. The van der Waals surface area contributed by atoms with Gasteiger partial charge >= 0.3 is 0 Å².